The molecule has 4 heteroatoms. The van der Waals surface area contributed by atoms with Gasteiger partial charge in [-0.05, 0) is 26.2 Å². The molecule has 0 aliphatic carbocycles. The van der Waals surface area contributed by atoms with Crippen LogP contribution in [0.1, 0.15) is 26.2 Å². The Labute approximate surface area is 85.9 Å². The summed E-state index contributed by atoms with van der Waals surface area (Å²) in [4.78, 5) is 0. The largest absolute Gasteiger partial charge is 0.229 e. The second kappa shape index (κ2) is 6.44. The molecule has 0 fully saturated rings. The highest BCUT2D eigenvalue weighted by atomic mass is 35.5. The summed E-state index contributed by atoms with van der Waals surface area (Å²) in [5.74, 6) is 0.905. The second-order valence-electron chi connectivity index (χ2n) is 3.26. The molecule has 0 spiro atoms. The first-order chi connectivity index (χ1) is 5.95. The summed E-state index contributed by atoms with van der Waals surface area (Å²) in [5, 5.41) is 0. The van der Waals surface area contributed by atoms with E-state index < -0.39 is 9.84 Å². The smallest absolute Gasteiger partial charge is 0.147 e. The maximum Gasteiger partial charge on any atom is 0.147 e. The normalized spacial score (nSPS) is 13.3. The van der Waals surface area contributed by atoms with Crippen LogP contribution in [0.4, 0.5) is 0 Å². The van der Waals surface area contributed by atoms with Gasteiger partial charge in [0.05, 0.1) is 5.75 Å². The number of allylic oxidation sites excluding steroid dienone is 2. The van der Waals surface area contributed by atoms with Crippen molar-refractivity contribution >= 4 is 21.4 Å². The quantitative estimate of drug-likeness (QED) is 0.513. The van der Waals surface area contributed by atoms with Crippen molar-refractivity contribution in [1.29, 1.82) is 0 Å². The summed E-state index contributed by atoms with van der Waals surface area (Å²) >= 11 is 5.51. The van der Waals surface area contributed by atoms with E-state index in [0.717, 1.165) is 12.8 Å². The zero-order valence-corrected chi connectivity index (χ0v) is 9.79. The summed E-state index contributed by atoms with van der Waals surface area (Å²) in [7, 11) is -2.79. The van der Waals surface area contributed by atoms with Gasteiger partial charge < -0.3 is 0 Å². The summed E-state index contributed by atoms with van der Waals surface area (Å²) < 4.78 is 21.6. The maximum absolute atomic E-state index is 10.8. The molecule has 0 radical (unpaired) electrons. The van der Waals surface area contributed by atoms with Crippen LogP contribution in [-0.2, 0) is 9.84 Å². The molecule has 0 aliphatic heterocycles. The molecule has 0 atom stereocenters. The van der Waals surface area contributed by atoms with Gasteiger partial charge in [-0.25, -0.2) is 8.42 Å². The Morgan fingerprint density at radius 1 is 1.46 bits per heavy atom. The van der Waals surface area contributed by atoms with E-state index in [1.54, 1.807) is 0 Å². The fourth-order valence-electron chi connectivity index (χ4n) is 1.02. The van der Waals surface area contributed by atoms with E-state index in [4.69, 9.17) is 11.6 Å². The summed E-state index contributed by atoms with van der Waals surface area (Å²) in [6.07, 6.45) is 5.76. The Morgan fingerprint density at radius 3 is 2.54 bits per heavy atom. The Hall–Kier alpha value is -0.0200. The second-order valence-corrected chi connectivity index (χ2v) is 5.90. The van der Waals surface area contributed by atoms with Crippen LogP contribution in [0.15, 0.2) is 11.6 Å². The van der Waals surface area contributed by atoms with E-state index in [0.29, 0.717) is 12.3 Å². The Kier molecular flexibility index (Phi) is 6.43. The zero-order chi connectivity index (χ0) is 10.3. The third-order valence-electron chi connectivity index (χ3n) is 1.69. The van der Waals surface area contributed by atoms with Crippen LogP contribution in [-0.4, -0.2) is 26.3 Å². The topological polar surface area (TPSA) is 34.1 Å². The van der Waals surface area contributed by atoms with Crippen LogP contribution < -0.4 is 0 Å². The van der Waals surface area contributed by atoms with Crippen molar-refractivity contribution in [2.24, 2.45) is 0 Å². The molecule has 0 N–H and O–H groups in total. The predicted octanol–water partition coefficient (Wildman–Crippen LogP) is 2.39. The van der Waals surface area contributed by atoms with Crippen molar-refractivity contribution in [2.75, 3.05) is 17.9 Å². The van der Waals surface area contributed by atoms with E-state index in [1.807, 2.05) is 6.92 Å². The number of halogens is 1. The van der Waals surface area contributed by atoms with Crippen molar-refractivity contribution in [3.63, 3.8) is 0 Å². The van der Waals surface area contributed by atoms with Gasteiger partial charge in [-0.15, -0.1) is 11.6 Å². The van der Waals surface area contributed by atoms with Crippen LogP contribution >= 0.6 is 11.6 Å². The molecule has 0 aromatic rings. The molecule has 0 amide bonds. The fraction of sp³-hybridized carbons (Fsp3) is 0.778. The molecular weight excluding hydrogens is 208 g/mol. The minimum absolute atomic E-state index is 0.277. The Bertz CT molecular complexity index is 255. The number of sulfone groups is 1. The van der Waals surface area contributed by atoms with Crippen LogP contribution in [0.2, 0.25) is 0 Å². The van der Waals surface area contributed by atoms with Crippen LogP contribution in [0, 0.1) is 0 Å². The molecule has 78 valence electrons. The monoisotopic (exact) mass is 224 g/mol. The van der Waals surface area contributed by atoms with Gasteiger partial charge in [-0.3, -0.25) is 0 Å². The highest BCUT2D eigenvalue weighted by Crippen LogP contribution is 2.06. The summed E-state index contributed by atoms with van der Waals surface area (Å²) in [6, 6.07) is 0. The molecule has 2 nitrogen and oxygen atoms in total. The van der Waals surface area contributed by atoms with Gasteiger partial charge in [0.15, 0.2) is 0 Å². The standard InChI is InChI=1S/C9H17ClO2S/c1-9(5-3-7-10)6-4-8-13(2,11)12/h5H,3-4,6-8H2,1-2H3. The van der Waals surface area contributed by atoms with E-state index in [9.17, 15) is 8.42 Å². The van der Waals surface area contributed by atoms with Gasteiger partial charge in [0.1, 0.15) is 9.84 Å². The van der Waals surface area contributed by atoms with Gasteiger partial charge in [0, 0.05) is 12.1 Å². The Balaban J connectivity index is 3.65. The van der Waals surface area contributed by atoms with Gasteiger partial charge in [0.2, 0.25) is 0 Å². The van der Waals surface area contributed by atoms with Crippen LogP contribution in [0.5, 0.6) is 0 Å². The minimum Gasteiger partial charge on any atom is -0.229 e. The summed E-state index contributed by atoms with van der Waals surface area (Å²) in [5.41, 5.74) is 1.23. The first-order valence-corrected chi connectivity index (χ1v) is 6.94. The lowest BCUT2D eigenvalue weighted by molar-refractivity contribution is 0.599. The van der Waals surface area contributed by atoms with Crippen molar-refractivity contribution in [2.45, 2.75) is 26.2 Å². The lowest BCUT2D eigenvalue weighted by Crippen LogP contribution is -2.02. The maximum atomic E-state index is 10.8. The lowest BCUT2D eigenvalue weighted by atomic mass is 10.1. The van der Waals surface area contributed by atoms with Crippen LogP contribution in [0.3, 0.4) is 0 Å². The van der Waals surface area contributed by atoms with E-state index >= 15 is 0 Å². The zero-order valence-electron chi connectivity index (χ0n) is 8.22. The first-order valence-electron chi connectivity index (χ1n) is 4.35. The minimum atomic E-state index is -2.79. The third kappa shape index (κ3) is 9.90. The SMILES string of the molecule is CC(=CCCCl)CCCS(C)(=O)=O. The van der Waals surface area contributed by atoms with Crippen LogP contribution in [0.25, 0.3) is 0 Å². The molecule has 0 heterocycles. The molecule has 0 aliphatic rings. The number of hydrogen-bond donors (Lipinski definition) is 0. The number of alkyl halides is 1. The van der Waals surface area contributed by atoms with E-state index in [1.165, 1.54) is 11.8 Å². The fourth-order valence-corrected chi connectivity index (χ4v) is 1.79. The molecule has 0 saturated carbocycles. The summed E-state index contributed by atoms with van der Waals surface area (Å²) in [6.45, 7) is 2.01. The van der Waals surface area contributed by atoms with Gasteiger partial charge in [-0.1, -0.05) is 11.6 Å². The van der Waals surface area contributed by atoms with Crippen molar-refractivity contribution in [3.8, 4) is 0 Å². The highest BCUT2D eigenvalue weighted by Gasteiger charge is 2.01. The predicted molar refractivity (Wildman–Crippen MR) is 58.0 cm³/mol. The van der Waals surface area contributed by atoms with Crippen molar-refractivity contribution in [3.05, 3.63) is 11.6 Å². The van der Waals surface area contributed by atoms with E-state index in [2.05, 4.69) is 6.08 Å². The molecule has 0 rings (SSSR count). The number of hydrogen-bond acceptors (Lipinski definition) is 2. The average molecular weight is 225 g/mol. The highest BCUT2D eigenvalue weighted by molar-refractivity contribution is 7.90. The Morgan fingerprint density at radius 2 is 2.08 bits per heavy atom. The molecule has 0 aromatic heterocycles. The van der Waals surface area contributed by atoms with Crippen molar-refractivity contribution < 1.29 is 8.42 Å². The van der Waals surface area contributed by atoms with Gasteiger partial charge >= 0.3 is 0 Å². The molecule has 0 bridgehead atoms. The van der Waals surface area contributed by atoms with E-state index in [-0.39, 0.29) is 5.75 Å². The third-order valence-corrected chi connectivity index (χ3v) is 2.94. The lowest BCUT2D eigenvalue weighted by Gasteiger charge is -1.99. The average Bonchev–Trinajstić information content (AvgIpc) is 1.98. The molecular formula is C9H17ClO2S. The number of rotatable bonds is 6. The molecule has 0 saturated heterocycles. The van der Waals surface area contributed by atoms with Gasteiger partial charge in [-0.2, -0.15) is 0 Å². The van der Waals surface area contributed by atoms with Gasteiger partial charge in [0.25, 0.3) is 0 Å². The molecule has 13 heavy (non-hydrogen) atoms. The van der Waals surface area contributed by atoms with Crippen molar-refractivity contribution in [1.82, 2.24) is 0 Å². The first kappa shape index (κ1) is 13.0. The molecule has 0 unspecified atom stereocenters. The molecule has 0 aromatic carbocycles.